The maximum atomic E-state index is 5.80. The molecular weight excluding hydrogens is 300 g/mol. The number of nitrogens with one attached hydrogen (secondary N) is 1. The molecule has 5 heteroatoms. The van der Waals surface area contributed by atoms with Gasteiger partial charge in [0.05, 0.1) is 5.69 Å². The molecule has 0 unspecified atom stereocenters. The summed E-state index contributed by atoms with van der Waals surface area (Å²) in [6, 6.07) is 19.9. The summed E-state index contributed by atoms with van der Waals surface area (Å²) < 4.78 is 5.80. The average Bonchev–Trinajstić information content (AvgIpc) is 2.66. The van der Waals surface area contributed by atoms with Crippen molar-refractivity contribution in [3.8, 4) is 17.0 Å². The highest BCUT2D eigenvalue weighted by Gasteiger charge is 2.03. The molecule has 24 heavy (non-hydrogen) atoms. The number of ether oxygens (including phenoxy) is 1. The van der Waals surface area contributed by atoms with E-state index in [4.69, 9.17) is 10.5 Å². The van der Waals surface area contributed by atoms with Crippen LogP contribution in [0.4, 0.5) is 5.95 Å². The molecule has 1 heterocycles. The Morgan fingerprint density at radius 3 is 2.50 bits per heavy atom. The number of benzene rings is 2. The number of anilines is 1. The Hall–Kier alpha value is -2.92. The van der Waals surface area contributed by atoms with Gasteiger partial charge in [-0.1, -0.05) is 30.3 Å². The van der Waals surface area contributed by atoms with Crippen molar-refractivity contribution in [2.75, 3.05) is 18.4 Å². The van der Waals surface area contributed by atoms with Gasteiger partial charge in [-0.05, 0) is 35.9 Å². The highest BCUT2D eigenvalue weighted by molar-refractivity contribution is 5.60. The van der Waals surface area contributed by atoms with Crippen LogP contribution in [0.25, 0.3) is 11.3 Å². The Kier molecular flexibility index (Phi) is 5.37. The van der Waals surface area contributed by atoms with Crippen LogP contribution in [0, 0.1) is 0 Å². The zero-order valence-electron chi connectivity index (χ0n) is 13.4. The van der Waals surface area contributed by atoms with Gasteiger partial charge < -0.3 is 15.8 Å². The normalized spacial score (nSPS) is 10.4. The summed E-state index contributed by atoms with van der Waals surface area (Å²) in [5, 5.41) is 3.08. The van der Waals surface area contributed by atoms with Crippen molar-refractivity contribution in [1.82, 2.24) is 9.97 Å². The molecule has 0 amide bonds. The van der Waals surface area contributed by atoms with Gasteiger partial charge in [0.2, 0.25) is 5.95 Å². The van der Waals surface area contributed by atoms with Gasteiger partial charge in [-0.3, -0.25) is 0 Å². The minimum atomic E-state index is 0.543. The van der Waals surface area contributed by atoms with Crippen LogP contribution in [0.1, 0.15) is 5.56 Å². The zero-order valence-corrected chi connectivity index (χ0v) is 13.4. The van der Waals surface area contributed by atoms with Crippen molar-refractivity contribution in [3.63, 3.8) is 0 Å². The quantitative estimate of drug-likeness (QED) is 0.700. The molecule has 3 N–H and O–H groups in total. The molecule has 122 valence electrons. The number of aromatic nitrogens is 2. The summed E-state index contributed by atoms with van der Waals surface area (Å²) >= 11 is 0. The van der Waals surface area contributed by atoms with E-state index in [0.717, 1.165) is 22.6 Å². The second-order valence-corrected chi connectivity index (χ2v) is 5.28. The Balaban J connectivity index is 1.66. The van der Waals surface area contributed by atoms with Gasteiger partial charge in [0.1, 0.15) is 12.4 Å². The topological polar surface area (TPSA) is 73.1 Å². The summed E-state index contributed by atoms with van der Waals surface area (Å²) in [5.41, 5.74) is 8.50. The number of hydrogen-bond donors (Lipinski definition) is 2. The fourth-order valence-electron chi connectivity index (χ4n) is 2.25. The molecule has 2 aromatic carbocycles. The zero-order chi connectivity index (χ0) is 16.6. The third-order valence-corrected chi connectivity index (χ3v) is 3.48. The lowest BCUT2D eigenvalue weighted by molar-refractivity contribution is 0.306. The molecule has 0 saturated heterocycles. The van der Waals surface area contributed by atoms with E-state index in [0.29, 0.717) is 25.6 Å². The Labute approximate surface area is 141 Å². The highest BCUT2D eigenvalue weighted by atomic mass is 16.5. The predicted octanol–water partition coefficient (Wildman–Crippen LogP) is 3.09. The maximum absolute atomic E-state index is 5.80. The van der Waals surface area contributed by atoms with Gasteiger partial charge in [0.15, 0.2) is 0 Å². The van der Waals surface area contributed by atoms with Crippen molar-refractivity contribution in [3.05, 3.63) is 72.4 Å². The molecule has 1 aromatic heterocycles. The van der Waals surface area contributed by atoms with Gasteiger partial charge >= 0.3 is 0 Å². The van der Waals surface area contributed by atoms with E-state index in [1.165, 1.54) is 0 Å². The van der Waals surface area contributed by atoms with E-state index in [2.05, 4.69) is 15.3 Å². The number of rotatable bonds is 7. The molecule has 0 saturated carbocycles. The monoisotopic (exact) mass is 320 g/mol. The van der Waals surface area contributed by atoms with Crippen LogP contribution in [-0.2, 0) is 6.61 Å². The van der Waals surface area contributed by atoms with Gasteiger partial charge in [0, 0.05) is 24.8 Å². The average molecular weight is 320 g/mol. The second kappa shape index (κ2) is 8.08. The van der Waals surface area contributed by atoms with E-state index >= 15 is 0 Å². The molecule has 0 bridgehead atoms. The van der Waals surface area contributed by atoms with Crippen LogP contribution < -0.4 is 15.8 Å². The fraction of sp³-hybridized carbons (Fsp3) is 0.158. The van der Waals surface area contributed by atoms with E-state index in [1.54, 1.807) is 6.20 Å². The predicted molar refractivity (Wildman–Crippen MR) is 95.8 cm³/mol. The maximum Gasteiger partial charge on any atom is 0.223 e. The molecular formula is C19H20N4O. The lowest BCUT2D eigenvalue weighted by Gasteiger charge is -2.08. The Morgan fingerprint density at radius 2 is 1.75 bits per heavy atom. The van der Waals surface area contributed by atoms with Gasteiger partial charge in [-0.25, -0.2) is 9.97 Å². The molecule has 0 radical (unpaired) electrons. The number of hydrogen-bond acceptors (Lipinski definition) is 5. The molecule has 0 atom stereocenters. The van der Waals surface area contributed by atoms with Gasteiger partial charge in [0.25, 0.3) is 0 Å². The summed E-state index contributed by atoms with van der Waals surface area (Å²) in [7, 11) is 0. The fourth-order valence-corrected chi connectivity index (χ4v) is 2.25. The highest BCUT2D eigenvalue weighted by Crippen LogP contribution is 2.21. The van der Waals surface area contributed by atoms with Crippen LogP contribution >= 0.6 is 0 Å². The molecule has 3 rings (SSSR count). The van der Waals surface area contributed by atoms with Crippen LogP contribution in [0.5, 0.6) is 5.75 Å². The van der Waals surface area contributed by atoms with E-state index in [-0.39, 0.29) is 0 Å². The van der Waals surface area contributed by atoms with Crippen molar-refractivity contribution >= 4 is 5.95 Å². The lowest BCUT2D eigenvalue weighted by atomic mass is 10.1. The molecule has 0 aliphatic heterocycles. The van der Waals surface area contributed by atoms with Gasteiger partial charge in [-0.2, -0.15) is 0 Å². The third kappa shape index (κ3) is 4.30. The SMILES string of the molecule is NCCNc1nccc(-c2ccc(OCc3ccccc3)cc2)n1. The minimum absolute atomic E-state index is 0.543. The first-order chi connectivity index (χ1) is 11.8. The van der Waals surface area contributed by atoms with Crippen LogP contribution in [-0.4, -0.2) is 23.1 Å². The standard InChI is InChI=1S/C19H20N4O/c20-11-13-22-19-21-12-10-18(23-19)16-6-8-17(9-7-16)24-14-15-4-2-1-3-5-15/h1-10,12H,11,13-14,20H2,(H,21,22,23). The van der Waals surface area contributed by atoms with Crippen LogP contribution in [0.15, 0.2) is 66.9 Å². The van der Waals surface area contributed by atoms with E-state index < -0.39 is 0 Å². The van der Waals surface area contributed by atoms with Crippen molar-refractivity contribution in [1.29, 1.82) is 0 Å². The lowest BCUT2D eigenvalue weighted by Crippen LogP contribution is -2.14. The largest absolute Gasteiger partial charge is 0.489 e. The third-order valence-electron chi connectivity index (χ3n) is 3.48. The van der Waals surface area contributed by atoms with Crippen LogP contribution in [0.3, 0.4) is 0 Å². The minimum Gasteiger partial charge on any atom is -0.489 e. The number of nitrogens with two attached hydrogens (primary N) is 1. The smallest absolute Gasteiger partial charge is 0.223 e. The van der Waals surface area contributed by atoms with Crippen LogP contribution in [0.2, 0.25) is 0 Å². The first-order valence-electron chi connectivity index (χ1n) is 7.89. The van der Waals surface area contributed by atoms with Gasteiger partial charge in [-0.15, -0.1) is 0 Å². The number of nitrogens with zero attached hydrogens (tertiary/aromatic N) is 2. The Bertz CT molecular complexity index is 760. The molecule has 3 aromatic rings. The summed E-state index contributed by atoms with van der Waals surface area (Å²) in [6.07, 6.45) is 1.74. The Morgan fingerprint density at radius 1 is 0.958 bits per heavy atom. The summed E-state index contributed by atoms with van der Waals surface area (Å²) in [5.74, 6) is 1.42. The summed E-state index contributed by atoms with van der Waals surface area (Å²) in [6.45, 7) is 1.75. The van der Waals surface area contributed by atoms with E-state index in [1.807, 2.05) is 60.7 Å². The molecule has 0 aliphatic carbocycles. The van der Waals surface area contributed by atoms with Crippen molar-refractivity contribution < 1.29 is 4.74 Å². The second-order valence-electron chi connectivity index (χ2n) is 5.28. The van der Waals surface area contributed by atoms with Crippen molar-refractivity contribution in [2.45, 2.75) is 6.61 Å². The molecule has 0 spiro atoms. The molecule has 5 nitrogen and oxygen atoms in total. The van der Waals surface area contributed by atoms with Crippen molar-refractivity contribution in [2.24, 2.45) is 5.73 Å². The first-order valence-corrected chi connectivity index (χ1v) is 7.89. The first kappa shape index (κ1) is 16.0. The molecule has 0 fully saturated rings. The summed E-state index contributed by atoms with van der Waals surface area (Å²) in [4.78, 5) is 8.67. The molecule has 0 aliphatic rings. The van der Waals surface area contributed by atoms with E-state index in [9.17, 15) is 0 Å².